The van der Waals surface area contributed by atoms with Gasteiger partial charge >= 0.3 is 0 Å². The number of Topliss-reactive ketones (excluding diaryl/α,β-unsaturated/α-hetero) is 1. The number of likely N-dealkylation sites (tertiary alicyclic amines) is 1. The molecule has 1 aromatic carbocycles. The molecule has 0 radical (unpaired) electrons. The zero-order valence-electron chi connectivity index (χ0n) is 14.3. The maximum absolute atomic E-state index is 13.6. The van der Waals surface area contributed by atoms with Gasteiger partial charge in [-0.1, -0.05) is 0 Å². The predicted molar refractivity (Wildman–Crippen MR) is 93.7 cm³/mol. The lowest BCUT2D eigenvalue weighted by atomic mass is 10.0. The number of phenolic OH excluding ortho intramolecular Hbond substituents is 1. The Bertz CT molecular complexity index is 782. The maximum atomic E-state index is 13.6. The molecule has 2 aromatic rings. The van der Waals surface area contributed by atoms with Gasteiger partial charge in [0.25, 0.3) is 5.95 Å². The lowest BCUT2D eigenvalue weighted by molar-refractivity contribution is 0.0936. The van der Waals surface area contributed by atoms with Crippen LogP contribution in [0.5, 0.6) is 11.5 Å². The van der Waals surface area contributed by atoms with Crippen molar-refractivity contribution < 1.29 is 19.0 Å². The van der Waals surface area contributed by atoms with Gasteiger partial charge in [-0.05, 0) is 61.1 Å². The molecule has 0 unspecified atom stereocenters. The Labute approximate surface area is 151 Å². The summed E-state index contributed by atoms with van der Waals surface area (Å²) < 4.78 is 19.4. The van der Waals surface area contributed by atoms with Gasteiger partial charge in [-0.3, -0.25) is 9.69 Å². The number of carbonyl (C=O) groups is 1. The Morgan fingerprint density at radius 3 is 2.54 bits per heavy atom. The minimum atomic E-state index is -0.564. The van der Waals surface area contributed by atoms with Crippen LogP contribution >= 0.6 is 0 Å². The number of hydrogen-bond acceptors (Lipinski definition) is 5. The van der Waals surface area contributed by atoms with Crippen molar-refractivity contribution in [1.82, 2.24) is 9.88 Å². The summed E-state index contributed by atoms with van der Waals surface area (Å²) in [6, 6.07) is 9.66. The number of hydrogen-bond donors (Lipinski definition) is 1. The van der Waals surface area contributed by atoms with E-state index in [0.717, 1.165) is 25.9 Å². The summed E-state index contributed by atoms with van der Waals surface area (Å²) in [5.41, 5.74) is 0.619. The van der Waals surface area contributed by atoms with Crippen LogP contribution < -0.4 is 4.74 Å². The number of halogens is 1. The highest BCUT2D eigenvalue weighted by Gasteiger charge is 2.42. The van der Waals surface area contributed by atoms with Crippen LogP contribution in [0.4, 0.5) is 4.39 Å². The Hall–Kier alpha value is -2.47. The van der Waals surface area contributed by atoms with Crippen LogP contribution in [0.1, 0.15) is 23.2 Å². The van der Waals surface area contributed by atoms with Crippen LogP contribution in [0.2, 0.25) is 0 Å². The molecule has 26 heavy (non-hydrogen) atoms. The third-order valence-corrected chi connectivity index (χ3v) is 5.36. The first-order valence-electron chi connectivity index (χ1n) is 8.90. The second-order valence-corrected chi connectivity index (χ2v) is 7.19. The van der Waals surface area contributed by atoms with E-state index < -0.39 is 5.95 Å². The third-order valence-electron chi connectivity index (χ3n) is 5.36. The van der Waals surface area contributed by atoms with Gasteiger partial charge in [0.2, 0.25) is 0 Å². The Morgan fingerprint density at radius 1 is 1.19 bits per heavy atom. The van der Waals surface area contributed by atoms with Gasteiger partial charge in [0.1, 0.15) is 5.75 Å². The van der Waals surface area contributed by atoms with Crippen LogP contribution in [-0.2, 0) is 0 Å². The monoisotopic (exact) mass is 356 g/mol. The molecule has 136 valence electrons. The molecule has 3 atom stereocenters. The Balaban J connectivity index is 1.30. The van der Waals surface area contributed by atoms with E-state index in [2.05, 4.69) is 9.88 Å². The molecule has 1 saturated carbocycles. The zero-order valence-corrected chi connectivity index (χ0v) is 14.3. The van der Waals surface area contributed by atoms with E-state index in [1.807, 2.05) is 0 Å². The van der Waals surface area contributed by atoms with E-state index >= 15 is 0 Å². The molecule has 5 nitrogen and oxygen atoms in total. The third kappa shape index (κ3) is 3.55. The second-order valence-electron chi connectivity index (χ2n) is 7.19. The molecule has 1 aromatic heterocycles. The zero-order chi connectivity index (χ0) is 18.1. The van der Waals surface area contributed by atoms with Gasteiger partial charge in [-0.2, -0.15) is 4.39 Å². The van der Waals surface area contributed by atoms with Crippen molar-refractivity contribution in [1.29, 1.82) is 0 Å². The number of benzene rings is 1. The lowest BCUT2D eigenvalue weighted by Gasteiger charge is -2.19. The average molecular weight is 356 g/mol. The van der Waals surface area contributed by atoms with E-state index in [4.69, 9.17) is 4.74 Å². The van der Waals surface area contributed by atoms with Crippen LogP contribution in [0.3, 0.4) is 0 Å². The standard InChI is InChI=1S/C20H21FN2O3/c21-20-19(2-1-7-22-20)26-17-8-14-10-23(11-15(14)9-17)12-18(25)13-3-5-16(24)6-4-13/h1-7,14-15,17,24H,8-12H2/t14-,15+,17-. The molecule has 6 heteroatoms. The molecular formula is C20H21FN2O3. The number of ketones is 1. The van der Waals surface area contributed by atoms with Crippen LogP contribution in [-0.4, -0.2) is 46.5 Å². The van der Waals surface area contributed by atoms with E-state index in [-0.39, 0.29) is 23.4 Å². The summed E-state index contributed by atoms with van der Waals surface area (Å²) in [6.45, 7) is 2.12. The first kappa shape index (κ1) is 17.0. The minimum Gasteiger partial charge on any atom is -0.508 e. The highest BCUT2D eigenvalue weighted by Crippen LogP contribution is 2.39. The van der Waals surface area contributed by atoms with Crippen LogP contribution in [0.25, 0.3) is 0 Å². The smallest absolute Gasteiger partial charge is 0.255 e. The number of ether oxygens (including phenoxy) is 1. The van der Waals surface area contributed by atoms with Gasteiger partial charge in [0.15, 0.2) is 11.5 Å². The fraction of sp³-hybridized carbons (Fsp3) is 0.400. The topological polar surface area (TPSA) is 62.7 Å². The number of phenols is 1. The maximum Gasteiger partial charge on any atom is 0.255 e. The normalized spacial score (nSPS) is 25.2. The number of carbonyl (C=O) groups excluding carboxylic acids is 1. The minimum absolute atomic E-state index is 0.0126. The van der Waals surface area contributed by atoms with Gasteiger partial charge in [0.05, 0.1) is 12.6 Å². The Kier molecular flexibility index (Phi) is 4.59. The average Bonchev–Trinajstić information content (AvgIpc) is 3.15. The molecule has 0 spiro atoms. The summed E-state index contributed by atoms with van der Waals surface area (Å²) in [5, 5.41) is 9.32. The molecule has 2 aliphatic rings. The molecular weight excluding hydrogens is 335 g/mol. The summed E-state index contributed by atoms with van der Waals surface area (Å²) in [5.74, 6) is 0.839. The number of rotatable bonds is 5. The van der Waals surface area contributed by atoms with Crippen molar-refractivity contribution in [2.75, 3.05) is 19.6 Å². The van der Waals surface area contributed by atoms with Crippen molar-refractivity contribution in [3.8, 4) is 11.5 Å². The highest BCUT2D eigenvalue weighted by atomic mass is 19.1. The number of nitrogens with zero attached hydrogens (tertiary/aromatic N) is 2. The van der Waals surface area contributed by atoms with Crippen molar-refractivity contribution in [3.05, 3.63) is 54.1 Å². The fourth-order valence-corrected chi connectivity index (χ4v) is 4.15. The first-order chi connectivity index (χ1) is 12.6. The van der Waals surface area contributed by atoms with E-state index in [9.17, 15) is 14.3 Å². The largest absolute Gasteiger partial charge is 0.508 e. The van der Waals surface area contributed by atoms with Crippen molar-refractivity contribution in [2.45, 2.75) is 18.9 Å². The highest BCUT2D eigenvalue weighted by molar-refractivity contribution is 5.97. The molecule has 1 aliphatic heterocycles. The second kappa shape index (κ2) is 7.03. The molecule has 1 N–H and O–H groups in total. The molecule has 0 amide bonds. The fourth-order valence-electron chi connectivity index (χ4n) is 4.15. The molecule has 4 rings (SSSR count). The Morgan fingerprint density at radius 2 is 1.88 bits per heavy atom. The molecule has 1 saturated heterocycles. The van der Waals surface area contributed by atoms with E-state index in [1.165, 1.54) is 18.3 Å². The molecule has 2 heterocycles. The predicted octanol–water partition coefficient (Wildman–Crippen LogP) is 2.90. The van der Waals surface area contributed by atoms with Crippen molar-refractivity contribution in [2.24, 2.45) is 11.8 Å². The van der Waals surface area contributed by atoms with Crippen molar-refractivity contribution >= 4 is 5.78 Å². The summed E-state index contributed by atoms with van der Waals surface area (Å²) in [4.78, 5) is 18.2. The number of pyridine rings is 1. The van der Waals surface area contributed by atoms with Gasteiger partial charge in [-0.15, -0.1) is 0 Å². The number of aromatic nitrogens is 1. The molecule has 2 fully saturated rings. The number of aromatic hydroxyl groups is 1. The summed E-state index contributed by atoms with van der Waals surface area (Å²) >= 11 is 0. The van der Waals surface area contributed by atoms with Gasteiger partial charge < -0.3 is 9.84 Å². The lowest BCUT2D eigenvalue weighted by Crippen LogP contribution is -2.30. The van der Waals surface area contributed by atoms with E-state index in [1.54, 1.807) is 24.3 Å². The quantitative estimate of drug-likeness (QED) is 0.659. The first-order valence-corrected chi connectivity index (χ1v) is 8.90. The summed E-state index contributed by atoms with van der Waals surface area (Å²) in [7, 11) is 0. The van der Waals surface area contributed by atoms with Crippen LogP contribution in [0.15, 0.2) is 42.6 Å². The van der Waals surface area contributed by atoms with Gasteiger partial charge in [0, 0.05) is 24.8 Å². The van der Waals surface area contributed by atoms with E-state index in [0.29, 0.717) is 23.9 Å². The van der Waals surface area contributed by atoms with Crippen molar-refractivity contribution in [3.63, 3.8) is 0 Å². The van der Waals surface area contributed by atoms with Crippen LogP contribution in [0, 0.1) is 17.8 Å². The molecule has 1 aliphatic carbocycles. The molecule has 0 bridgehead atoms. The SMILES string of the molecule is O=C(CN1C[C@H]2C[C@@H](Oc3cccnc3F)C[C@H]2C1)c1ccc(O)cc1. The number of fused-ring (bicyclic) bond motifs is 1. The summed E-state index contributed by atoms with van der Waals surface area (Å²) in [6.07, 6.45) is 3.18. The van der Waals surface area contributed by atoms with Gasteiger partial charge in [-0.25, -0.2) is 4.98 Å².